The monoisotopic (exact) mass is 490 g/mol. The average Bonchev–Trinajstić information content (AvgIpc) is 3.51. The lowest BCUT2D eigenvalue weighted by Gasteiger charge is -2.14. The fourth-order valence-corrected chi connectivity index (χ4v) is 4.54. The number of ether oxygens (including phenoxy) is 2. The Morgan fingerprint density at radius 3 is 2.50 bits per heavy atom. The SMILES string of the molecule is COCCOc1nc2c([nH]c(=O)n2Cc2ccc(-c3ccc(CN4CCCC4)cn3)cc2)c(N)[n+]1C. The number of aromatic amines is 1. The zero-order chi connectivity index (χ0) is 25.1. The van der Waals surface area contributed by atoms with Crippen molar-refractivity contribution < 1.29 is 14.0 Å². The van der Waals surface area contributed by atoms with Crippen molar-refractivity contribution in [2.75, 3.05) is 39.1 Å². The van der Waals surface area contributed by atoms with Crippen molar-refractivity contribution in [1.29, 1.82) is 0 Å². The van der Waals surface area contributed by atoms with E-state index < -0.39 is 0 Å². The minimum atomic E-state index is -0.280. The highest BCUT2D eigenvalue weighted by atomic mass is 16.5. The summed E-state index contributed by atoms with van der Waals surface area (Å²) >= 11 is 0. The predicted molar refractivity (Wildman–Crippen MR) is 137 cm³/mol. The normalized spacial score (nSPS) is 14.1. The molecule has 10 heteroatoms. The predicted octanol–water partition coefficient (Wildman–Crippen LogP) is 1.86. The number of anilines is 1. The second kappa shape index (κ2) is 10.5. The van der Waals surface area contributed by atoms with E-state index in [0.29, 0.717) is 42.8 Å². The Kier molecular flexibility index (Phi) is 6.97. The van der Waals surface area contributed by atoms with Gasteiger partial charge in [-0.15, -0.1) is 0 Å². The van der Waals surface area contributed by atoms with Gasteiger partial charge in [-0.3, -0.25) is 19.4 Å². The number of likely N-dealkylation sites (tertiary alicyclic amines) is 1. The quantitative estimate of drug-likeness (QED) is 0.272. The molecule has 0 bridgehead atoms. The Labute approximate surface area is 209 Å². The maximum Gasteiger partial charge on any atom is 0.436 e. The van der Waals surface area contributed by atoms with Crippen LogP contribution in [0.15, 0.2) is 47.4 Å². The molecule has 3 N–H and O–H groups in total. The van der Waals surface area contributed by atoms with Gasteiger partial charge in [-0.1, -0.05) is 30.3 Å². The van der Waals surface area contributed by atoms with Gasteiger partial charge < -0.3 is 15.2 Å². The summed E-state index contributed by atoms with van der Waals surface area (Å²) < 4.78 is 13.9. The van der Waals surface area contributed by atoms with Crippen molar-refractivity contribution in [1.82, 2.24) is 24.4 Å². The van der Waals surface area contributed by atoms with E-state index in [-0.39, 0.29) is 5.69 Å². The van der Waals surface area contributed by atoms with Crippen molar-refractivity contribution in [3.63, 3.8) is 0 Å². The smallest absolute Gasteiger partial charge is 0.436 e. The number of nitrogen functional groups attached to an aromatic ring is 1. The van der Waals surface area contributed by atoms with Gasteiger partial charge in [0, 0.05) is 25.4 Å². The third-order valence-electron chi connectivity index (χ3n) is 6.60. The van der Waals surface area contributed by atoms with Crippen LogP contribution in [0, 0.1) is 0 Å². The summed E-state index contributed by atoms with van der Waals surface area (Å²) in [6.45, 7) is 4.39. The lowest BCUT2D eigenvalue weighted by atomic mass is 10.1. The number of hydrogen-bond acceptors (Lipinski definition) is 7. The molecule has 0 atom stereocenters. The van der Waals surface area contributed by atoms with Crippen molar-refractivity contribution in [3.8, 4) is 17.3 Å². The number of fused-ring (bicyclic) bond motifs is 1. The first kappa shape index (κ1) is 24.0. The van der Waals surface area contributed by atoms with Gasteiger partial charge in [0.25, 0.3) is 5.82 Å². The van der Waals surface area contributed by atoms with Gasteiger partial charge in [0.2, 0.25) is 5.65 Å². The van der Waals surface area contributed by atoms with Gasteiger partial charge in [0.05, 0.1) is 25.9 Å². The number of imidazole rings is 1. The average molecular weight is 491 g/mol. The first-order valence-electron chi connectivity index (χ1n) is 12.2. The molecule has 1 aliphatic rings. The second-order valence-electron chi connectivity index (χ2n) is 9.13. The molecule has 3 aromatic heterocycles. The number of nitrogens with zero attached hydrogens (tertiary/aromatic N) is 5. The van der Waals surface area contributed by atoms with Crippen LogP contribution in [0.25, 0.3) is 22.4 Å². The standard InChI is InChI=1S/C26H31N7O3/c1-31-23(27)22-24(30-26(31)36-14-13-35-2)33(25(34)29-22)17-18-5-8-20(9-6-18)21-10-7-19(15-28-21)16-32-11-3-4-12-32/h5-10,15,27H,3-4,11-14,16-17H2,1-2H3,(H,29,34)/p+1. The first-order chi connectivity index (χ1) is 17.5. The first-order valence-corrected chi connectivity index (χ1v) is 12.2. The fourth-order valence-electron chi connectivity index (χ4n) is 4.54. The van der Waals surface area contributed by atoms with Crippen molar-refractivity contribution in [2.45, 2.75) is 25.9 Å². The molecule has 4 aromatic rings. The molecule has 1 saturated heterocycles. The summed E-state index contributed by atoms with van der Waals surface area (Å²) in [5.74, 6) is 0.373. The molecule has 1 fully saturated rings. The van der Waals surface area contributed by atoms with Crippen LogP contribution in [-0.4, -0.2) is 57.8 Å². The minimum Gasteiger partial charge on any atom is -0.438 e. The van der Waals surface area contributed by atoms with Gasteiger partial charge in [-0.25, -0.2) is 4.79 Å². The second-order valence-corrected chi connectivity index (χ2v) is 9.13. The fraction of sp³-hybridized carbons (Fsp3) is 0.385. The number of nitrogens with one attached hydrogen (secondary N) is 1. The van der Waals surface area contributed by atoms with E-state index in [1.54, 1.807) is 23.3 Å². The van der Waals surface area contributed by atoms with E-state index in [1.807, 2.05) is 30.5 Å². The number of nitrogens with two attached hydrogens (primary N) is 1. The lowest BCUT2D eigenvalue weighted by molar-refractivity contribution is -0.664. The van der Waals surface area contributed by atoms with E-state index >= 15 is 0 Å². The Morgan fingerprint density at radius 1 is 1.06 bits per heavy atom. The summed E-state index contributed by atoms with van der Waals surface area (Å²) in [5.41, 5.74) is 11.1. The van der Waals surface area contributed by atoms with Crippen LogP contribution < -0.4 is 20.7 Å². The highest BCUT2D eigenvalue weighted by Crippen LogP contribution is 2.21. The summed E-state index contributed by atoms with van der Waals surface area (Å²) in [7, 11) is 3.34. The largest absolute Gasteiger partial charge is 0.438 e. The lowest BCUT2D eigenvalue weighted by Crippen LogP contribution is -2.36. The molecule has 0 aliphatic carbocycles. The van der Waals surface area contributed by atoms with E-state index in [9.17, 15) is 4.79 Å². The number of aromatic nitrogens is 5. The van der Waals surface area contributed by atoms with E-state index in [0.717, 1.165) is 23.4 Å². The Hall–Kier alpha value is -3.76. The third kappa shape index (κ3) is 4.95. The Bertz CT molecular complexity index is 1390. The highest BCUT2D eigenvalue weighted by Gasteiger charge is 2.23. The molecule has 0 unspecified atom stereocenters. The Morgan fingerprint density at radius 2 is 1.81 bits per heavy atom. The van der Waals surface area contributed by atoms with E-state index in [4.69, 9.17) is 15.2 Å². The van der Waals surface area contributed by atoms with Gasteiger partial charge in [0.1, 0.15) is 6.61 Å². The maximum absolute atomic E-state index is 12.8. The zero-order valence-electron chi connectivity index (χ0n) is 20.7. The molecular formula is C26H32N7O3+. The number of H-pyrrole nitrogens is 1. The molecule has 0 radical (unpaired) electrons. The van der Waals surface area contributed by atoms with Crippen molar-refractivity contribution >= 4 is 17.0 Å². The van der Waals surface area contributed by atoms with Gasteiger partial charge in [-0.2, -0.15) is 4.57 Å². The van der Waals surface area contributed by atoms with Crippen LogP contribution in [-0.2, 0) is 24.9 Å². The summed E-state index contributed by atoms with van der Waals surface area (Å²) in [4.78, 5) is 27.3. The van der Waals surface area contributed by atoms with Gasteiger partial charge in [-0.05, 0) is 48.1 Å². The van der Waals surface area contributed by atoms with Crippen LogP contribution in [0.1, 0.15) is 24.0 Å². The number of pyridine rings is 1. The molecule has 36 heavy (non-hydrogen) atoms. The van der Waals surface area contributed by atoms with Gasteiger partial charge >= 0.3 is 11.7 Å². The van der Waals surface area contributed by atoms with Crippen LogP contribution in [0.2, 0.25) is 0 Å². The van der Waals surface area contributed by atoms with Crippen LogP contribution in [0.4, 0.5) is 5.82 Å². The maximum atomic E-state index is 12.8. The molecule has 1 aliphatic heterocycles. The highest BCUT2D eigenvalue weighted by molar-refractivity contribution is 5.80. The van der Waals surface area contributed by atoms with Crippen LogP contribution in [0.5, 0.6) is 6.01 Å². The van der Waals surface area contributed by atoms with Gasteiger partial charge in [0.15, 0.2) is 5.52 Å². The third-order valence-corrected chi connectivity index (χ3v) is 6.60. The number of benzene rings is 1. The van der Waals surface area contributed by atoms with E-state index in [2.05, 4.69) is 32.0 Å². The zero-order valence-corrected chi connectivity index (χ0v) is 20.7. The molecule has 188 valence electrons. The summed E-state index contributed by atoms with van der Waals surface area (Å²) in [5, 5.41) is 0. The molecule has 4 heterocycles. The molecule has 10 nitrogen and oxygen atoms in total. The number of rotatable bonds is 9. The molecule has 0 amide bonds. The minimum absolute atomic E-state index is 0.280. The molecule has 0 spiro atoms. The molecule has 1 aromatic carbocycles. The Balaban J connectivity index is 1.34. The number of methoxy groups -OCH3 is 1. The van der Waals surface area contributed by atoms with Crippen LogP contribution in [0.3, 0.4) is 0 Å². The van der Waals surface area contributed by atoms with Crippen molar-refractivity contribution in [2.24, 2.45) is 7.05 Å². The van der Waals surface area contributed by atoms with Crippen LogP contribution >= 0.6 is 0 Å². The van der Waals surface area contributed by atoms with E-state index in [1.165, 1.54) is 31.5 Å². The summed E-state index contributed by atoms with van der Waals surface area (Å²) in [6.07, 6.45) is 4.54. The summed E-state index contributed by atoms with van der Waals surface area (Å²) in [6, 6.07) is 12.6. The molecule has 0 saturated carbocycles. The molecule has 5 rings (SSSR count). The number of hydrogen-bond donors (Lipinski definition) is 2. The molecular weight excluding hydrogens is 458 g/mol. The van der Waals surface area contributed by atoms with Crippen molar-refractivity contribution in [3.05, 3.63) is 64.2 Å². The topological polar surface area (TPSA) is 115 Å².